The maximum absolute atomic E-state index is 5.28. The minimum atomic E-state index is 0.115. The standard InChI is InChI=1S/C8H15NO/c1-6(2)7-9(10-7)8(3,4)5/h7H,1H2,2-5H3. The molecule has 1 aliphatic rings. The summed E-state index contributed by atoms with van der Waals surface area (Å²) < 4.78 is 0. The Morgan fingerprint density at radius 1 is 1.50 bits per heavy atom. The van der Waals surface area contributed by atoms with Crippen LogP contribution >= 0.6 is 0 Å². The highest BCUT2D eigenvalue weighted by Crippen LogP contribution is 2.34. The third-order valence-electron chi connectivity index (χ3n) is 1.46. The first kappa shape index (κ1) is 7.76. The van der Waals surface area contributed by atoms with Crippen molar-refractivity contribution >= 4 is 0 Å². The van der Waals surface area contributed by atoms with E-state index in [1.165, 1.54) is 0 Å². The van der Waals surface area contributed by atoms with Crippen LogP contribution in [0.5, 0.6) is 0 Å². The Kier molecular flexibility index (Phi) is 1.61. The molecule has 0 spiro atoms. The van der Waals surface area contributed by atoms with Gasteiger partial charge in [0, 0.05) is 5.54 Å². The maximum atomic E-state index is 5.28. The second-order valence-corrected chi connectivity index (χ2v) is 3.80. The molecule has 0 aromatic rings. The molecule has 1 fully saturated rings. The van der Waals surface area contributed by atoms with Gasteiger partial charge < -0.3 is 0 Å². The molecule has 58 valence electrons. The lowest BCUT2D eigenvalue weighted by molar-refractivity contribution is 0.101. The van der Waals surface area contributed by atoms with Crippen LogP contribution in [-0.4, -0.2) is 16.8 Å². The predicted octanol–water partition coefficient (Wildman–Crippen LogP) is 1.93. The summed E-state index contributed by atoms with van der Waals surface area (Å²) in [7, 11) is 0. The van der Waals surface area contributed by atoms with Crippen LogP contribution in [0, 0.1) is 0 Å². The normalized spacial score (nSPS) is 32.0. The van der Waals surface area contributed by atoms with E-state index in [2.05, 4.69) is 27.4 Å². The van der Waals surface area contributed by atoms with Crippen LogP contribution in [0.3, 0.4) is 0 Å². The zero-order valence-electron chi connectivity index (χ0n) is 7.14. The third-order valence-corrected chi connectivity index (χ3v) is 1.46. The van der Waals surface area contributed by atoms with Crippen molar-refractivity contribution in [3.63, 3.8) is 0 Å². The topological polar surface area (TPSA) is 15.5 Å². The first-order valence-electron chi connectivity index (χ1n) is 3.54. The van der Waals surface area contributed by atoms with Gasteiger partial charge >= 0.3 is 0 Å². The molecule has 1 heterocycles. The fourth-order valence-corrected chi connectivity index (χ4v) is 0.880. The lowest BCUT2D eigenvalue weighted by Gasteiger charge is -2.16. The minimum absolute atomic E-state index is 0.115. The zero-order valence-corrected chi connectivity index (χ0v) is 7.14. The SMILES string of the molecule is C=C(C)C1ON1C(C)(C)C. The van der Waals surface area contributed by atoms with Crippen molar-refractivity contribution in [3.8, 4) is 0 Å². The number of hydrogen-bond acceptors (Lipinski definition) is 2. The van der Waals surface area contributed by atoms with Gasteiger partial charge in [-0.05, 0) is 33.3 Å². The number of hydroxylamine groups is 2. The Morgan fingerprint density at radius 2 is 2.00 bits per heavy atom. The first-order chi connectivity index (χ1) is 4.43. The molecule has 0 bridgehead atoms. The van der Waals surface area contributed by atoms with Gasteiger partial charge in [0.25, 0.3) is 0 Å². The van der Waals surface area contributed by atoms with Crippen LogP contribution < -0.4 is 0 Å². The van der Waals surface area contributed by atoms with E-state index in [0.29, 0.717) is 0 Å². The molecule has 0 saturated carbocycles. The van der Waals surface area contributed by atoms with Crippen molar-refractivity contribution in [2.75, 3.05) is 0 Å². The number of hydrogen-bond donors (Lipinski definition) is 0. The maximum Gasteiger partial charge on any atom is 0.176 e. The smallest absolute Gasteiger partial charge is 0.176 e. The van der Waals surface area contributed by atoms with Crippen molar-refractivity contribution in [3.05, 3.63) is 12.2 Å². The van der Waals surface area contributed by atoms with Gasteiger partial charge in [0.05, 0.1) is 0 Å². The lowest BCUT2D eigenvalue weighted by atomic mass is 10.1. The van der Waals surface area contributed by atoms with Crippen molar-refractivity contribution in [2.24, 2.45) is 0 Å². The Morgan fingerprint density at radius 3 is 2.10 bits per heavy atom. The summed E-state index contributed by atoms with van der Waals surface area (Å²) in [6, 6.07) is 0. The van der Waals surface area contributed by atoms with Crippen LogP contribution in [0.25, 0.3) is 0 Å². The third kappa shape index (κ3) is 1.39. The van der Waals surface area contributed by atoms with Crippen LogP contribution in [0.1, 0.15) is 27.7 Å². The lowest BCUT2D eigenvalue weighted by Crippen LogP contribution is -2.27. The van der Waals surface area contributed by atoms with Crippen molar-refractivity contribution in [1.29, 1.82) is 0 Å². The van der Waals surface area contributed by atoms with Gasteiger partial charge in [-0.2, -0.15) is 0 Å². The van der Waals surface area contributed by atoms with Gasteiger partial charge in [-0.3, -0.25) is 4.84 Å². The van der Waals surface area contributed by atoms with Gasteiger partial charge in [0.2, 0.25) is 0 Å². The number of nitrogens with zero attached hydrogens (tertiary/aromatic N) is 1. The summed E-state index contributed by atoms with van der Waals surface area (Å²) >= 11 is 0. The highest BCUT2D eigenvalue weighted by Gasteiger charge is 2.44. The van der Waals surface area contributed by atoms with E-state index in [0.717, 1.165) is 5.57 Å². The Hall–Kier alpha value is -0.340. The van der Waals surface area contributed by atoms with Crippen LogP contribution in [0.4, 0.5) is 0 Å². The van der Waals surface area contributed by atoms with Gasteiger partial charge in [0.1, 0.15) is 0 Å². The highest BCUT2D eigenvalue weighted by molar-refractivity contribution is 5.03. The largest absolute Gasteiger partial charge is 0.270 e. The fourth-order valence-electron chi connectivity index (χ4n) is 0.880. The molecule has 1 aliphatic heterocycles. The van der Waals surface area contributed by atoms with Crippen LogP contribution in [-0.2, 0) is 4.84 Å². The highest BCUT2D eigenvalue weighted by atomic mass is 16.8. The Labute approximate surface area is 62.4 Å². The van der Waals surface area contributed by atoms with E-state index in [1.54, 1.807) is 0 Å². The molecule has 2 heteroatoms. The minimum Gasteiger partial charge on any atom is -0.270 e. The molecule has 2 unspecified atom stereocenters. The van der Waals surface area contributed by atoms with E-state index in [-0.39, 0.29) is 11.8 Å². The van der Waals surface area contributed by atoms with Crippen LogP contribution in [0.15, 0.2) is 12.2 Å². The van der Waals surface area contributed by atoms with Gasteiger partial charge in [0.15, 0.2) is 6.23 Å². The molecule has 0 radical (unpaired) electrons. The summed E-state index contributed by atoms with van der Waals surface area (Å²) in [4.78, 5) is 5.28. The van der Waals surface area contributed by atoms with Crippen LogP contribution in [0.2, 0.25) is 0 Å². The molecule has 0 aliphatic carbocycles. The summed E-state index contributed by atoms with van der Waals surface area (Å²) in [5.74, 6) is 0. The van der Waals surface area contributed by atoms with E-state index < -0.39 is 0 Å². The summed E-state index contributed by atoms with van der Waals surface area (Å²) in [5, 5.41) is 1.95. The summed E-state index contributed by atoms with van der Waals surface area (Å²) in [6.07, 6.45) is 0.167. The van der Waals surface area contributed by atoms with E-state index in [1.807, 2.05) is 12.0 Å². The van der Waals surface area contributed by atoms with Crippen molar-refractivity contribution in [1.82, 2.24) is 5.06 Å². The molecule has 0 aromatic carbocycles. The average Bonchev–Trinajstić information content (AvgIpc) is 2.35. The molecule has 0 amide bonds. The second kappa shape index (κ2) is 2.07. The van der Waals surface area contributed by atoms with Gasteiger partial charge in [-0.1, -0.05) is 6.58 Å². The van der Waals surface area contributed by atoms with E-state index in [9.17, 15) is 0 Å². The van der Waals surface area contributed by atoms with E-state index >= 15 is 0 Å². The summed E-state index contributed by atoms with van der Waals surface area (Å²) in [5.41, 5.74) is 1.19. The molecule has 10 heavy (non-hydrogen) atoms. The zero-order chi connectivity index (χ0) is 7.94. The predicted molar refractivity (Wildman–Crippen MR) is 41.3 cm³/mol. The Bertz CT molecular complexity index is 157. The molecule has 1 rings (SSSR count). The van der Waals surface area contributed by atoms with Gasteiger partial charge in [-0.15, -0.1) is 5.06 Å². The van der Waals surface area contributed by atoms with Gasteiger partial charge in [-0.25, -0.2) is 0 Å². The summed E-state index contributed by atoms with van der Waals surface area (Å²) in [6.45, 7) is 12.2. The second-order valence-electron chi connectivity index (χ2n) is 3.80. The molecule has 2 atom stereocenters. The molecular weight excluding hydrogens is 126 g/mol. The molecule has 0 N–H and O–H groups in total. The first-order valence-corrected chi connectivity index (χ1v) is 3.54. The molecule has 1 saturated heterocycles. The number of rotatable bonds is 1. The monoisotopic (exact) mass is 141 g/mol. The quantitative estimate of drug-likeness (QED) is 0.409. The Balaban J connectivity index is 2.46. The van der Waals surface area contributed by atoms with Crippen molar-refractivity contribution < 1.29 is 4.84 Å². The molecule has 2 nitrogen and oxygen atoms in total. The fraction of sp³-hybridized carbons (Fsp3) is 0.750. The molecular formula is C8H15NO. The van der Waals surface area contributed by atoms with E-state index in [4.69, 9.17) is 4.84 Å². The van der Waals surface area contributed by atoms with Crippen molar-refractivity contribution in [2.45, 2.75) is 39.5 Å². The average molecular weight is 141 g/mol. The molecule has 0 aromatic heterocycles.